The third-order valence-corrected chi connectivity index (χ3v) is 2.18. The van der Waals surface area contributed by atoms with Gasteiger partial charge in [-0.05, 0) is 30.2 Å². The van der Waals surface area contributed by atoms with E-state index in [1.165, 1.54) is 18.2 Å². The maximum Gasteiger partial charge on any atom is 0.234 e. The van der Waals surface area contributed by atoms with Gasteiger partial charge in [0.1, 0.15) is 5.82 Å². The highest BCUT2D eigenvalue weighted by Gasteiger charge is 2.12. The Kier molecular flexibility index (Phi) is 3.43. The second kappa shape index (κ2) is 4.39. The third-order valence-electron chi connectivity index (χ3n) is 1.81. The fraction of sp³-hybridized carbons (Fsp3) is 0.222. The predicted octanol–water partition coefficient (Wildman–Crippen LogP) is 0.834. The van der Waals surface area contributed by atoms with Crippen molar-refractivity contribution in [1.29, 1.82) is 0 Å². The third kappa shape index (κ3) is 2.68. The summed E-state index contributed by atoms with van der Waals surface area (Å²) in [5.41, 5.74) is 10.9. The van der Waals surface area contributed by atoms with Crippen LogP contribution in [0.4, 0.5) is 4.39 Å². The van der Waals surface area contributed by atoms with Crippen LogP contribution in [0, 0.1) is 5.82 Å². The minimum absolute atomic E-state index is 0.145. The second-order valence-corrected chi connectivity index (χ2v) is 3.36. The number of hydrogen-bond acceptors (Lipinski definition) is 2. The van der Waals surface area contributed by atoms with E-state index in [1.54, 1.807) is 0 Å². The maximum atomic E-state index is 12.8. The SMILES string of the molecule is NC(=O)C(N)Cc1cc(F)ccc1Cl. The zero-order valence-corrected chi connectivity index (χ0v) is 8.09. The summed E-state index contributed by atoms with van der Waals surface area (Å²) in [5.74, 6) is -1.05. The number of halogens is 2. The van der Waals surface area contributed by atoms with Gasteiger partial charge in [0.25, 0.3) is 0 Å². The van der Waals surface area contributed by atoms with Crippen molar-refractivity contribution in [2.45, 2.75) is 12.5 Å². The van der Waals surface area contributed by atoms with E-state index in [9.17, 15) is 9.18 Å². The summed E-state index contributed by atoms with van der Waals surface area (Å²) in [7, 11) is 0. The number of nitrogens with two attached hydrogens (primary N) is 2. The highest BCUT2D eigenvalue weighted by molar-refractivity contribution is 6.31. The summed E-state index contributed by atoms with van der Waals surface area (Å²) >= 11 is 5.77. The molecule has 1 aromatic carbocycles. The summed E-state index contributed by atoms with van der Waals surface area (Å²) in [6.45, 7) is 0. The lowest BCUT2D eigenvalue weighted by Gasteiger charge is -2.08. The fourth-order valence-corrected chi connectivity index (χ4v) is 1.23. The summed E-state index contributed by atoms with van der Waals surface area (Å²) in [6.07, 6.45) is 0.145. The van der Waals surface area contributed by atoms with E-state index in [2.05, 4.69) is 0 Å². The second-order valence-electron chi connectivity index (χ2n) is 2.95. The molecule has 0 aliphatic rings. The number of carbonyl (C=O) groups excluding carboxylic acids is 1. The van der Waals surface area contributed by atoms with Crippen LogP contribution in [-0.4, -0.2) is 11.9 Å². The molecule has 0 saturated heterocycles. The van der Waals surface area contributed by atoms with Gasteiger partial charge in [0.05, 0.1) is 6.04 Å². The Labute approximate surface area is 85.8 Å². The molecule has 1 unspecified atom stereocenters. The molecule has 0 aliphatic carbocycles. The molecule has 3 nitrogen and oxygen atoms in total. The van der Waals surface area contributed by atoms with Crippen molar-refractivity contribution in [1.82, 2.24) is 0 Å². The van der Waals surface area contributed by atoms with Crippen LogP contribution in [0.2, 0.25) is 5.02 Å². The van der Waals surface area contributed by atoms with Gasteiger partial charge >= 0.3 is 0 Å². The van der Waals surface area contributed by atoms with E-state index in [-0.39, 0.29) is 6.42 Å². The van der Waals surface area contributed by atoms with Gasteiger partial charge in [-0.25, -0.2) is 4.39 Å². The molecular formula is C9H10ClFN2O. The summed E-state index contributed by atoms with van der Waals surface area (Å²) in [6, 6.07) is 3.06. The van der Waals surface area contributed by atoms with Gasteiger partial charge in [0.2, 0.25) is 5.91 Å². The van der Waals surface area contributed by atoms with Crippen molar-refractivity contribution in [3.05, 3.63) is 34.6 Å². The van der Waals surface area contributed by atoms with E-state index in [1.807, 2.05) is 0 Å². The lowest BCUT2D eigenvalue weighted by Crippen LogP contribution is -2.38. The Hall–Kier alpha value is -1.13. The Morgan fingerprint density at radius 1 is 1.57 bits per heavy atom. The molecule has 4 N–H and O–H groups in total. The molecule has 0 aliphatic heterocycles. The minimum atomic E-state index is -0.839. The summed E-state index contributed by atoms with van der Waals surface area (Å²) < 4.78 is 12.8. The maximum absolute atomic E-state index is 12.8. The van der Waals surface area contributed by atoms with E-state index < -0.39 is 17.8 Å². The van der Waals surface area contributed by atoms with Gasteiger partial charge in [0, 0.05) is 5.02 Å². The van der Waals surface area contributed by atoms with E-state index in [4.69, 9.17) is 23.1 Å². The van der Waals surface area contributed by atoms with Crippen molar-refractivity contribution >= 4 is 17.5 Å². The Balaban J connectivity index is 2.85. The van der Waals surface area contributed by atoms with Crippen molar-refractivity contribution in [3.8, 4) is 0 Å². The topological polar surface area (TPSA) is 69.1 Å². The first-order chi connectivity index (χ1) is 6.50. The molecule has 0 aromatic heterocycles. The molecule has 76 valence electrons. The highest BCUT2D eigenvalue weighted by Crippen LogP contribution is 2.18. The Morgan fingerprint density at radius 3 is 2.79 bits per heavy atom. The zero-order chi connectivity index (χ0) is 10.7. The first kappa shape index (κ1) is 10.9. The number of amides is 1. The summed E-state index contributed by atoms with van der Waals surface area (Å²) in [4.78, 5) is 10.7. The number of primary amides is 1. The average Bonchev–Trinajstić information content (AvgIpc) is 2.11. The fourth-order valence-electron chi connectivity index (χ4n) is 1.04. The largest absolute Gasteiger partial charge is 0.368 e. The molecule has 14 heavy (non-hydrogen) atoms. The molecule has 1 rings (SSSR count). The van der Waals surface area contributed by atoms with Gasteiger partial charge < -0.3 is 11.5 Å². The molecule has 5 heteroatoms. The lowest BCUT2D eigenvalue weighted by atomic mass is 10.1. The smallest absolute Gasteiger partial charge is 0.234 e. The molecular weight excluding hydrogens is 207 g/mol. The van der Waals surface area contributed by atoms with Crippen LogP contribution >= 0.6 is 11.6 Å². The predicted molar refractivity (Wildman–Crippen MR) is 52.3 cm³/mol. The van der Waals surface area contributed by atoms with Crippen LogP contribution in [-0.2, 0) is 11.2 Å². The summed E-state index contributed by atoms with van der Waals surface area (Å²) in [5, 5.41) is 0.378. The minimum Gasteiger partial charge on any atom is -0.368 e. The highest BCUT2D eigenvalue weighted by atomic mass is 35.5. The van der Waals surface area contributed by atoms with Crippen LogP contribution in [0.15, 0.2) is 18.2 Å². The molecule has 1 amide bonds. The quantitative estimate of drug-likeness (QED) is 0.786. The zero-order valence-electron chi connectivity index (χ0n) is 7.34. The van der Waals surface area contributed by atoms with Crippen molar-refractivity contribution in [3.63, 3.8) is 0 Å². The molecule has 0 fully saturated rings. The van der Waals surface area contributed by atoms with Gasteiger partial charge in [-0.3, -0.25) is 4.79 Å². The number of hydrogen-bond donors (Lipinski definition) is 2. The molecule has 0 radical (unpaired) electrons. The van der Waals surface area contributed by atoms with Crippen molar-refractivity contribution in [2.24, 2.45) is 11.5 Å². The van der Waals surface area contributed by atoms with Crippen LogP contribution in [0.25, 0.3) is 0 Å². The van der Waals surface area contributed by atoms with Crippen LogP contribution in [0.5, 0.6) is 0 Å². The normalized spacial score (nSPS) is 12.5. The van der Waals surface area contributed by atoms with E-state index in [0.29, 0.717) is 10.6 Å². The molecule has 1 atom stereocenters. The molecule has 1 aromatic rings. The monoisotopic (exact) mass is 216 g/mol. The van der Waals surface area contributed by atoms with Crippen molar-refractivity contribution in [2.75, 3.05) is 0 Å². The van der Waals surface area contributed by atoms with Crippen LogP contribution in [0.1, 0.15) is 5.56 Å². The number of rotatable bonds is 3. The Morgan fingerprint density at radius 2 is 2.21 bits per heavy atom. The van der Waals surface area contributed by atoms with E-state index >= 15 is 0 Å². The average molecular weight is 217 g/mol. The van der Waals surface area contributed by atoms with Gasteiger partial charge in [-0.1, -0.05) is 11.6 Å². The molecule has 0 spiro atoms. The molecule has 0 saturated carbocycles. The first-order valence-corrected chi connectivity index (χ1v) is 4.37. The van der Waals surface area contributed by atoms with Crippen LogP contribution < -0.4 is 11.5 Å². The van der Waals surface area contributed by atoms with Crippen molar-refractivity contribution < 1.29 is 9.18 Å². The van der Waals surface area contributed by atoms with Gasteiger partial charge in [-0.2, -0.15) is 0 Å². The molecule has 0 bridgehead atoms. The van der Waals surface area contributed by atoms with Crippen LogP contribution in [0.3, 0.4) is 0 Å². The number of carbonyl (C=O) groups is 1. The lowest BCUT2D eigenvalue weighted by molar-refractivity contribution is -0.119. The number of benzene rings is 1. The van der Waals surface area contributed by atoms with E-state index in [0.717, 1.165) is 0 Å². The molecule has 0 heterocycles. The Bertz CT molecular complexity index is 357. The van der Waals surface area contributed by atoms with Gasteiger partial charge in [0.15, 0.2) is 0 Å². The van der Waals surface area contributed by atoms with Gasteiger partial charge in [-0.15, -0.1) is 0 Å². The first-order valence-electron chi connectivity index (χ1n) is 3.99. The standard InChI is InChI=1S/C9H10ClFN2O/c10-7-2-1-6(11)3-5(7)4-8(12)9(13)14/h1-3,8H,4,12H2,(H2,13,14).